The van der Waals surface area contributed by atoms with Gasteiger partial charge in [0, 0.05) is 11.6 Å². The Hall–Kier alpha value is -0.730. The monoisotopic (exact) mass is 186 g/mol. The van der Waals surface area contributed by atoms with Crippen LogP contribution in [0.3, 0.4) is 0 Å². The molecule has 0 aliphatic carbocycles. The smallest absolute Gasteiger partial charge is 0.315 e. The molecule has 0 aromatic heterocycles. The molecule has 78 valence electrons. The maximum atomic E-state index is 11.4. The molecule has 0 aromatic rings. The van der Waals surface area contributed by atoms with E-state index >= 15 is 0 Å². The average molecular weight is 186 g/mol. The second-order valence-corrected chi connectivity index (χ2v) is 4.88. The molecule has 2 amide bonds. The Morgan fingerprint density at radius 2 is 1.62 bits per heavy atom. The number of hydrogen-bond donors (Lipinski definition) is 2. The van der Waals surface area contributed by atoms with Crippen LogP contribution in [0.15, 0.2) is 0 Å². The van der Waals surface area contributed by atoms with E-state index in [9.17, 15) is 4.79 Å². The first-order valence-electron chi connectivity index (χ1n) is 4.81. The number of urea groups is 1. The maximum Gasteiger partial charge on any atom is 0.315 e. The van der Waals surface area contributed by atoms with E-state index in [4.69, 9.17) is 0 Å². The van der Waals surface area contributed by atoms with Gasteiger partial charge in [-0.25, -0.2) is 4.79 Å². The Kier molecular flexibility index (Phi) is 4.24. The van der Waals surface area contributed by atoms with Crippen LogP contribution in [0.25, 0.3) is 0 Å². The highest BCUT2D eigenvalue weighted by molar-refractivity contribution is 5.74. The second kappa shape index (κ2) is 4.49. The molecule has 2 N–H and O–H groups in total. The summed E-state index contributed by atoms with van der Waals surface area (Å²) in [4.78, 5) is 11.4. The lowest BCUT2D eigenvalue weighted by atomic mass is 10.1. The molecule has 0 bridgehead atoms. The molecule has 13 heavy (non-hydrogen) atoms. The zero-order valence-corrected chi connectivity index (χ0v) is 9.56. The molecule has 0 fully saturated rings. The van der Waals surface area contributed by atoms with E-state index < -0.39 is 0 Å². The maximum absolute atomic E-state index is 11.4. The Labute approximate surface area is 81.3 Å². The summed E-state index contributed by atoms with van der Waals surface area (Å²) in [5, 5.41) is 5.74. The van der Waals surface area contributed by atoms with Gasteiger partial charge >= 0.3 is 6.03 Å². The first kappa shape index (κ1) is 12.3. The zero-order valence-electron chi connectivity index (χ0n) is 9.56. The lowest BCUT2D eigenvalue weighted by molar-refractivity contribution is 0.225. The minimum atomic E-state index is -0.166. The SMILES string of the molecule is CC(C)[C@H](C)NC(=O)NC(C)(C)C. The van der Waals surface area contributed by atoms with E-state index in [0.29, 0.717) is 5.92 Å². The molecule has 0 aliphatic rings. The molecule has 0 aromatic carbocycles. The molecule has 0 saturated carbocycles. The van der Waals surface area contributed by atoms with Gasteiger partial charge in [0.15, 0.2) is 0 Å². The van der Waals surface area contributed by atoms with Crippen molar-refractivity contribution in [1.82, 2.24) is 10.6 Å². The average Bonchev–Trinajstić information content (AvgIpc) is 1.81. The van der Waals surface area contributed by atoms with E-state index in [-0.39, 0.29) is 17.6 Å². The summed E-state index contributed by atoms with van der Waals surface area (Å²) >= 11 is 0. The number of nitrogens with one attached hydrogen (secondary N) is 2. The molecule has 0 heterocycles. The third-order valence-corrected chi connectivity index (χ3v) is 1.85. The van der Waals surface area contributed by atoms with Crippen molar-refractivity contribution in [2.75, 3.05) is 0 Å². The molecule has 0 rings (SSSR count). The minimum absolute atomic E-state index is 0.0892. The van der Waals surface area contributed by atoms with Crippen molar-refractivity contribution in [2.45, 2.75) is 53.1 Å². The lowest BCUT2D eigenvalue weighted by Gasteiger charge is -2.24. The molecule has 3 heteroatoms. The highest BCUT2D eigenvalue weighted by atomic mass is 16.2. The predicted molar refractivity (Wildman–Crippen MR) is 55.7 cm³/mol. The van der Waals surface area contributed by atoms with Crippen molar-refractivity contribution in [3.05, 3.63) is 0 Å². The van der Waals surface area contributed by atoms with Crippen LogP contribution in [0, 0.1) is 5.92 Å². The van der Waals surface area contributed by atoms with Crippen LogP contribution in [0.2, 0.25) is 0 Å². The Balaban J connectivity index is 3.89. The van der Waals surface area contributed by atoms with Crippen molar-refractivity contribution in [3.63, 3.8) is 0 Å². The van der Waals surface area contributed by atoms with E-state index in [0.717, 1.165) is 0 Å². The van der Waals surface area contributed by atoms with E-state index in [1.54, 1.807) is 0 Å². The minimum Gasteiger partial charge on any atom is -0.335 e. The van der Waals surface area contributed by atoms with Crippen LogP contribution >= 0.6 is 0 Å². The number of carbonyl (C=O) groups excluding carboxylic acids is 1. The summed E-state index contributed by atoms with van der Waals surface area (Å²) in [6, 6.07) is 0.121. The quantitative estimate of drug-likeness (QED) is 0.681. The van der Waals surface area contributed by atoms with Crippen molar-refractivity contribution in [2.24, 2.45) is 5.92 Å². The van der Waals surface area contributed by atoms with Gasteiger partial charge in [-0.1, -0.05) is 13.8 Å². The third kappa shape index (κ3) is 6.43. The second-order valence-electron chi connectivity index (χ2n) is 4.88. The molecule has 0 radical (unpaired) electrons. The molecule has 3 nitrogen and oxygen atoms in total. The van der Waals surface area contributed by atoms with E-state index in [2.05, 4.69) is 24.5 Å². The van der Waals surface area contributed by atoms with E-state index in [1.165, 1.54) is 0 Å². The fourth-order valence-electron chi connectivity index (χ4n) is 0.750. The van der Waals surface area contributed by atoms with Gasteiger partial charge in [0.05, 0.1) is 0 Å². The van der Waals surface area contributed by atoms with Crippen LogP contribution in [0.4, 0.5) is 4.79 Å². The predicted octanol–water partition coefficient (Wildman–Crippen LogP) is 2.13. The summed E-state index contributed by atoms with van der Waals surface area (Å²) in [7, 11) is 0. The lowest BCUT2D eigenvalue weighted by Crippen LogP contribution is -2.49. The first-order valence-corrected chi connectivity index (χ1v) is 4.81. The van der Waals surface area contributed by atoms with Crippen molar-refractivity contribution >= 4 is 6.03 Å². The fraction of sp³-hybridized carbons (Fsp3) is 0.900. The molecular formula is C10H22N2O. The molecule has 0 aliphatic heterocycles. The summed E-state index contributed by atoms with van der Waals surface area (Å²) in [6.07, 6.45) is 0. The molecule has 0 unspecified atom stereocenters. The highest BCUT2D eigenvalue weighted by Gasteiger charge is 2.16. The highest BCUT2D eigenvalue weighted by Crippen LogP contribution is 2.01. The molecular weight excluding hydrogens is 164 g/mol. The standard InChI is InChI=1S/C10H22N2O/c1-7(2)8(3)11-9(13)12-10(4,5)6/h7-8H,1-6H3,(H2,11,12,13)/t8-/m0/s1. The van der Waals surface area contributed by atoms with E-state index in [1.807, 2.05) is 27.7 Å². The number of amides is 2. The van der Waals surface area contributed by atoms with Crippen LogP contribution < -0.4 is 10.6 Å². The Morgan fingerprint density at radius 1 is 1.15 bits per heavy atom. The van der Waals surface area contributed by atoms with Gasteiger partial charge in [0.2, 0.25) is 0 Å². The largest absolute Gasteiger partial charge is 0.335 e. The van der Waals surface area contributed by atoms with Gasteiger partial charge in [-0.15, -0.1) is 0 Å². The number of carbonyl (C=O) groups is 1. The summed E-state index contributed by atoms with van der Waals surface area (Å²) in [6.45, 7) is 12.1. The van der Waals surface area contributed by atoms with Crippen LogP contribution in [0.1, 0.15) is 41.5 Å². The summed E-state index contributed by atoms with van der Waals surface area (Å²) in [5.74, 6) is 0.464. The van der Waals surface area contributed by atoms with Crippen molar-refractivity contribution in [3.8, 4) is 0 Å². The first-order chi connectivity index (χ1) is 5.72. The van der Waals surface area contributed by atoms with Crippen LogP contribution in [-0.2, 0) is 0 Å². The third-order valence-electron chi connectivity index (χ3n) is 1.85. The summed E-state index contributed by atoms with van der Waals surface area (Å²) < 4.78 is 0. The van der Waals surface area contributed by atoms with Gasteiger partial charge in [-0.2, -0.15) is 0 Å². The normalized spacial score (nSPS) is 14.1. The van der Waals surface area contributed by atoms with Gasteiger partial charge in [-0.05, 0) is 33.6 Å². The van der Waals surface area contributed by atoms with Crippen molar-refractivity contribution < 1.29 is 4.79 Å². The fourth-order valence-corrected chi connectivity index (χ4v) is 0.750. The summed E-state index contributed by atoms with van der Waals surface area (Å²) in [5.41, 5.74) is -0.166. The number of rotatable bonds is 2. The Morgan fingerprint density at radius 3 is 1.92 bits per heavy atom. The Bertz CT molecular complexity index is 170. The van der Waals surface area contributed by atoms with Crippen LogP contribution in [-0.4, -0.2) is 17.6 Å². The van der Waals surface area contributed by atoms with Gasteiger partial charge in [-0.3, -0.25) is 0 Å². The molecule has 1 atom stereocenters. The van der Waals surface area contributed by atoms with Gasteiger partial charge in [0.25, 0.3) is 0 Å². The van der Waals surface area contributed by atoms with Gasteiger partial charge < -0.3 is 10.6 Å². The zero-order chi connectivity index (χ0) is 10.6. The van der Waals surface area contributed by atoms with Gasteiger partial charge in [0.1, 0.15) is 0 Å². The van der Waals surface area contributed by atoms with Crippen molar-refractivity contribution in [1.29, 1.82) is 0 Å². The molecule has 0 saturated heterocycles. The molecule has 0 spiro atoms. The number of hydrogen-bond acceptors (Lipinski definition) is 1. The van der Waals surface area contributed by atoms with Crippen LogP contribution in [0.5, 0.6) is 0 Å². The topological polar surface area (TPSA) is 41.1 Å².